The standard InChI is InChI=1S/C10H7ClF2N2O2/c1-2-17-10(16)8-6(3-14)15-4-5(11)7(8)9(12)13/h4,9H,2H2,1H3. The van der Waals surface area contributed by atoms with Gasteiger partial charge < -0.3 is 4.74 Å². The molecule has 1 heterocycles. The molecule has 0 aliphatic heterocycles. The van der Waals surface area contributed by atoms with Gasteiger partial charge in [0.05, 0.1) is 17.2 Å². The van der Waals surface area contributed by atoms with E-state index < -0.39 is 29.2 Å². The molecular weight excluding hydrogens is 254 g/mol. The molecule has 0 bridgehead atoms. The normalized spacial score (nSPS) is 10.1. The van der Waals surface area contributed by atoms with Crippen molar-refractivity contribution in [2.75, 3.05) is 6.61 Å². The zero-order valence-corrected chi connectivity index (χ0v) is 9.46. The second-order valence-electron chi connectivity index (χ2n) is 2.88. The van der Waals surface area contributed by atoms with Crippen molar-refractivity contribution in [2.45, 2.75) is 13.3 Å². The molecule has 0 fully saturated rings. The summed E-state index contributed by atoms with van der Waals surface area (Å²) in [6, 6.07) is 1.55. The molecule has 0 saturated carbocycles. The van der Waals surface area contributed by atoms with Gasteiger partial charge in [0.2, 0.25) is 0 Å². The Morgan fingerprint density at radius 1 is 1.71 bits per heavy atom. The molecule has 7 heteroatoms. The first kappa shape index (κ1) is 13.3. The summed E-state index contributed by atoms with van der Waals surface area (Å²) in [5.41, 5.74) is -1.73. The van der Waals surface area contributed by atoms with E-state index in [9.17, 15) is 13.6 Å². The molecule has 17 heavy (non-hydrogen) atoms. The van der Waals surface area contributed by atoms with E-state index in [-0.39, 0.29) is 11.6 Å². The van der Waals surface area contributed by atoms with E-state index >= 15 is 0 Å². The second kappa shape index (κ2) is 5.55. The van der Waals surface area contributed by atoms with Crippen LogP contribution in [0.4, 0.5) is 8.78 Å². The minimum absolute atomic E-state index is 0.00110. The number of hydrogen-bond donors (Lipinski definition) is 0. The molecule has 1 aromatic rings. The van der Waals surface area contributed by atoms with Gasteiger partial charge in [-0.25, -0.2) is 18.6 Å². The molecule has 0 aromatic carbocycles. The number of carbonyl (C=O) groups excluding carboxylic acids is 1. The van der Waals surface area contributed by atoms with Crippen molar-refractivity contribution in [1.82, 2.24) is 4.98 Å². The van der Waals surface area contributed by atoms with Crippen LogP contribution in [0.3, 0.4) is 0 Å². The molecule has 0 amide bonds. The van der Waals surface area contributed by atoms with Crippen molar-refractivity contribution in [3.63, 3.8) is 0 Å². The Morgan fingerprint density at radius 3 is 2.82 bits per heavy atom. The lowest BCUT2D eigenvalue weighted by atomic mass is 10.1. The summed E-state index contributed by atoms with van der Waals surface area (Å²) < 4.78 is 30.1. The SMILES string of the molecule is CCOC(=O)c1c(C#N)ncc(Cl)c1C(F)F. The maximum atomic E-state index is 12.8. The van der Waals surface area contributed by atoms with Gasteiger partial charge in [0.1, 0.15) is 11.6 Å². The quantitative estimate of drug-likeness (QED) is 0.784. The summed E-state index contributed by atoms with van der Waals surface area (Å²) in [7, 11) is 0. The first-order valence-electron chi connectivity index (χ1n) is 4.56. The lowest BCUT2D eigenvalue weighted by Crippen LogP contribution is -2.12. The zero-order valence-electron chi connectivity index (χ0n) is 8.71. The van der Waals surface area contributed by atoms with Crippen LogP contribution in [0.2, 0.25) is 5.02 Å². The number of alkyl halides is 2. The smallest absolute Gasteiger partial charge is 0.341 e. The van der Waals surface area contributed by atoms with Crippen molar-refractivity contribution >= 4 is 17.6 Å². The van der Waals surface area contributed by atoms with Gasteiger partial charge in [0.15, 0.2) is 5.69 Å². The number of carbonyl (C=O) groups is 1. The van der Waals surface area contributed by atoms with Crippen molar-refractivity contribution in [3.05, 3.63) is 28.0 Å². The monoisotopic (exact) mass is 260 g/mol. The van der Waals surface area contributed by atoms with Gasteiger partial charge in [0.25, 0.3) is 6.43 Å². The van der Waals surface area contributed by atoms with Crippen molar-refractivity contribution in [2.24, 2.45) is 0 Å². The fourth-order valence-corrected chi connectivity index (χ4v) is 1.44. The van der Waals surface area contributed by atoms with E-state index in [1.807, 2.05) is 0 Å². The molecule has 0 aliphatic carbocycles. The first-order valence-corrected chi connectivity index (χ1v) is 4.94. The maximum Gasteiger partial charge on any atom is 0.341 e. The highest BCUT2D eigenvalue weighted by Gasteiger charge is 2.27. The Bertz CT molecular complexity index is 486. The van der Waals surface area contributed by atoms with E-state index in [1.165, 1.54) is 6.92 Å². The molecule has 4 nitrogen and oxygen atoms in total. The summed E-state index contributed by atoms with van der Waals surface area (Å²) in [6.07, 6.45) is -2.08. The van der Waals surface area contributed by atoms with Crippen LogP contribution in [0.1, 0.15) is 35.0 Å². The highest BCUT2D eigenvalue weighted by Crippen LogP contribution is 2.31. The third-order valence-corrected chi connectivity index (χ3v) is 2.18. The van der Waals surface area contributed by atoms with Gasteiger partial charge in [-0.15, -0.1) is 0 Å². The predicted molar refractivity (Wildman–Crippen MR) is 54.9 cm³/mol. The van der Waals surface area contributed by atoms with Crippen LogP contribution >= 0.6 is 11.6 Å². The second-order valence-corrected chi connectivity index (χ2v) is 3.28. The molecule has 0 saturated heterocycles. The van der Waals surface area contributed by atoms with Crippen molar-refractivity contribution < 1.29 is 18.3 Å². The van der Waals surface area contributed by atoms with Crippen LogP contribution < -0.4 is 0 Å². The fraction of sp³-hybridized carbons (Fsp3) is 0.300. The number of ether oxygens (including phenoxy) is 1. The predicted octanol–water partition coefficient (Wildman–Crippen LogP) is 2.72. The van der Waals surface area contributed by atoms with E-state index in [2.05, 4.69) is 9.72 Å². The number of nitrogens with zero attached hydrogens (tertiary/aromatic N) is 2. The topological polar surface area (TPSA) is 63.0 Å². The molecule has 90 valence electrons. The number of hydrogen-bond acceptors (Lipinski definition) is 4. The van der Waals surface area contributed by atoms with Crippen LogP contribution in [0.15, 0.2) is 6.20 Å². The number of pyridine rings is 1. The lowest BCUT2D eigenvalue weighted by Gasteiger charge is -2.10. The van der Waals surface area contributed by atoms with Gasteiger partial charge in [-0.2, -0.15) is 5.26 Å². The van der Waals surface area contributed by atoms with E-state index in [0.29, 0.717) is 0 Å². The molecule has 0 spiro atoms. The van der Waals surface area contributed by atoms with Crippen LogP contribution in [0.25, 0.3) is 0 Å². The average Bonchev–Trinajstić information content (AvgIpc) is 2.28. The molecule has 1 aromatic heterocycles. The minimum Gasteiger partial charge on any atom is -0.462 e. The van der Waals surface area contributed by atoms with Gasteiger partial charge in [-0.3, -0.25) is 0 Å². The van der Waals surface area contributed by atoms with Crippen molar-refractivity contribution in [1.29, 1.82) is 5.26 Å². The third-order valence-electron chi connectivity index (χ3n) is 1.87. The fourth-order valence-electron chi connectivity index (χ4n) is 1.21. The van der Waals surface area contributed by atoms with E-state index in [4.69, 9.17) is 16.9 Å². The van der Waals surface area contributed by atoms with Gasteiger partial charge in [-0.05, 0) is 6.92 Å². The third kappa shape index (κ3) is 2.68. The Morgan fingerprint density at radius 2 is 2.35 bits per heavy atom. The van der Waals surface area contributed by atoms with Gasteiger partial charge in [0, 0.05) is 6.20 Å². The number of esters is 1. The molecule has 1 rings (SSSR count). The zero-order chi connectivity index (χ0) is 13.0. The number of aromatic nitrogens is 1. The lowest BCUT2D eigenvalue weighted by molar-refractivity contribution is 0.0514. The van der Waals surface area contributed by atoms with Gasteiger partial charge in [-0.1, -0.05) is 11.6 Å². The Balaban J connectivity index is 3.47. The minimum atomic E-state index is -2.99. The highest BCUT2D eigenvalue weighted by atomic mass is 35.5. The van der Waals surface area contributed by atoms with Crippen LogP contribution in [-0.2, 0) is 4.74 Å². The molecular formula is C10H7ClF2N2O2. The highest BCUT2D eigenvalue weighted by molar-refractivity contribution is 6.31. The van der Waals surface area contributed by atoms with E-state index in [1.54, 1.807) is 6.07 Å². The molecule has 0 radical (unpaired) electrons. The van der Waals surface area contributed by atoms with Crippen LogP contribution in [-0.4, -0.2) is 17.6 Å². The van der Waals surface area contributed by atoms with E-state index in [0.717, 1.165) is 6.20 Å². The molecule has 0 N–H and O–H groups in total. The Labute approximate surface area is 101 Å². The van der Waals surface area contributed by atoms with Crippen LogP contribution in [0.5, 0.6) is 0 Å². The Kier molecular flexibility index (Phi) is 4.35. The summed E-state index contributed by atoms with van der Waals surface area (Å²) in [5, 5.41) is 8.35. The Hall–Kier alpha value is -1.74. The van der Waals surface area contributed by atoms with Gasteiger partial charge >= 0.3 is 5.97 Å². The average molecular weight is 261 g/mol. The summed E-state index contributed by atoms with van der Waals surface area (Å²) >= 11 is 5.54. The first-order chi connectivity index (χ1) is 8.02. The van der Waals surface area contributed by atoms with Crippen LogP contribution in [0, 0.1) is 11.3 Å². The molecule has 0 aliphatic rings. The number of nitriles is 1. The maximum absolute atomic E-state index is 12.8. The summed E-state index contributed by atoms with van der Waals surface area (Å²) in [6.45, 7) is 1.52. The summed E-state index contributed by atoms with van der Waals surface area (Å²) in [4.78, 5) is 15.0. The molecule has 0 unspecified atom stereocenters. The summed E-state index contributed by atoms with van der Waals surface area (Å²) in [5.74, 6) is -1.03. The number of halogens is 3. The molecule has 0 atom stereocenters. The van der Waals surface area contributed by atoms with Crippen molar-refractivity contribution in [3.8, 4) is 6.07 Å². The number of rotatable bonds is 3. The largest absolute Gasteiger partial charge is 0.462 e.